The SMILES string of the molecule is Clc1cc(-c2ccccc2)nc2c(C3CCCCC3)cnn12. The molecule has 112 valence electrons. The molecule has 1 aliphatic carbocycles. The van der Waals surface area contributed by atoms with Gasteiger partial charge in [-0.3, -0.25) is 0 Å². The zero-order chi connectivity index (χ0) is 14.9. The summed E-state index contributed by atoms with van der Waals surface area (Å²) in [4.78, 5) is 4.86. The second-order valence-electron chi connectivity index (χ2n) is 6.00. The van der Waals surface area contributed by atoms with Gasteiger partial charge in [0.25, 0.3) is 0 Å². The van der Waals surface area contributed by atoms with Gasteiger partial charge in [-0.2, -0.15) is 5.10 Å². The highest BCUT2D eigenvalue weighted by Crippen LogP contribution is 2.35. The molecule has 0 amide bonds. The number of fused-ring (bicyclic) bond motifs is 1. The van der Waals surface area contributed by atoms with E-state index < -0.39 is 0 Å². The first kappa shape index (κ1) is 13.8. The lowest BCUT2D eigenvalue weighted by molar-refractivity contribution is 0.445. The molecule has 0 N–H and O–H groups in total. The molecule has 0 radical (unpaired) electrons. The van der Waals surface area contributed by atoms with Gasteiger partial charge in [0.2, 0.25) is 0 Å². The highest BCUT2D eigenvalue weighted by atomic mass is 35.5. The Morgan fingerprint density at radius 2 is 1.82 bits per heavy atom. The fourth-order valence-electron chi connectivity index (χ4n) is 3.40. The zero-order valence-corrected chi connectivity index (χ0v) is 13.1. The van der Waals surface area contributed by atoms with E-state index in [0.29, 0.717) is 11.1 Å². The highest BCUT2D eigenvalue weighted by Gasteiger charge is 2.21. The molecular weight excluding hydrogens is 294 g/mol. The molecule has 1 saturated carbocycles. The van der Waals surface area contributed by atoms with Crippen molar-refractivity contribution in [1.29, 1.82) is 0 Å². The van der Waals surface area contributed by atoms with Crippen LogP contribution in [0.5, 0.6) is 0 Å². The number of benzene rings is 1. The summed E-state index contributed by atoms with van der Waals surface area (Å²) in [6, 6.07) is 12.1. The molecule has 3 nitrogen and oxygen atoms in total. The molecule has 2 heterocycles. The quantitative estimate of drug-likeness (QED) is 0.616. The van der Waals surface area contributed by atoms with E-state index in [1.165, 1.54) is 37.7 Å². The van der Waals surface area contributed by atoms with Crippen molar-refractivity contribution in [1.82, 2.24) is 14.6 Å². The Kier molecular flexibility index (Phi) is 3.59. The van der Waals surface area contributed by atoms with Gasteiger partial charge in [-0.1, -0.05) is 61.2 Å². The van der Waals surface area contributed by atoms with Crippen molar-refractivity contribution >= 4 is 17.2 Å². The maximum absolute atomic E-state index is 6.42. The van der Waals surface area contributed by atoms with E-state index in [0.717, 1.165) is 16.9 Å². The molecule has 0 atom stereocenters. The Morgan fingerprint density at radius 1 is 1.05 bits per heavy atom. The van der Waals surface area contributed by atoms with Crippen molar-refractivity contribution in [3.63, 3.8) is 0 Å². The van der Waals surface area contributed by atoms with E-state index >= 15 is 0 Å². The van der Waals surface area contributed by atoms with Crippen LogP contribution in [-0.4, -0.2) is 14.6 Å². The highest BCUT2D eigenvalue weighted by molar-refractivity contribution is 6.30. The van der Waals surface area contributed by atoms with Gasteiger partial charge in [0.1, 0.15) is 5.15 Å². The second-order valence-corrected chi connectivity index (χ2v) is 6.39. The molecule has 2 aromatic heterocycles. The average molecular weight is 312 g/mol. The molecule has 0 saturated heterocycles. The summed E-state index contributed by atoms with van der Waals surface area (Å²) >= 11 is 6.42. The van der Waals surface area contributed by atoms with Crippen LogP contribution in [0.1, 0.15) is 43.6 Å². The van der Waals surface area contributed by atoms with Crippen LogP contribution in [0.25, 0.3) is 16.9 Å². The van der Waals surface area contributed by atoms with Gasteiger partial charge in [0.15, 0.2) is 5.65 Å². The van der Waals surface area contributed by atoms with E-state index in [1.807, 2.05) is 30.5 Å². The zero-order valence-electron chi connectivity index (χ0n) is 12.4. The first-order valence-corrected chi connectivity index (χ1v) is 8.30. The minimum absolute atomic E-state index is 0.570. The lowest BCUT2D eigenvalue weighted by atomic mass is 9.85. The second kappa shape index (κ2) is 5.73. The van der Waals surface area contributed by atoms with Crippen LogP contribution in [0, 0.1) is 0 Å². The van der Waals surface area contributed by atoms with Crippen molar-refractivity contribution in [3.8, 4) is 11.3 Å². The predicted octanol–water partition coefficient (Wildman–Crippen LogP) is 5.10. The summed E-state index contributed by atoms with van der Waals surface area (Å²) in [5.41, 5.74) is 4.16. The van der Waals surface area contributed by atoms with Crippen LogP contribution in [0.15, 0.2) is 42.6 Å². The van der Waals surface area contributed by atoms with Crippen molar-refractivity contribution in [3.05, 3.63) is 53.3 Å². The van der Waals surface area contributed by atoms with Gasteiger partial charge in [0, 0.05) is 17.2 Å². The van der Waals surface area contributed by atoms with Gasteiger partial charge in [-0.05, 0) is 18.8 Å². The maximum atomic E-state index is 6.42. The molecule has 0 bridgehead atoms. The number of nitrogens with zero attached hydrogens (tertiary/aromatic N) is 3. The summed E-state index contributed by atoms with van der Waals surface area (Å²) in [5, 5.41) is 5.07. The van der Waals surface area contributed by atoms with Crippen LogP contribution in [-0.2, 0) is 0 Å². The summed E-state index contributed by atoms with van der Waals surface area (Å²) in [6.07, 6.45) is 8.37. The van der Waals surface area contributed by atoms with Gasteiger partial charge in [0.05, 0.1) is 11.9 Å². The van der Waals surface area contributed by atoms with Crippen LogP contribution in [0.3, 0.4) is 0 Å². The molecule has 4 heteroatoms. The minimum atomic E-state index is 0.570. The van der Waals surface area contributed by atoms with Crippen LogP contribution in [0.4, 0.5) is 0 Å². The largest absolute Gasteiger partial charge is 0.228 e. The number of hydrogen-bond donors (Lipinski definition) is 0. The van der Waals surface area contributed by atoms with Gasteiger partial charge < -0.3 is 0 Å². The molecule has 0 unspecified atom stereocenters. The molecular formula is C18H18ClN3. The van der Waals surface area contributed by atoms with Crippen LogP contribution < -0.4 is 0 Å². The van der Waals surface area contributed by atoms with E-state index in [2.05, 4.69) is 17.2 Å². The molecule has 1 aliphatic rings. The molecule has 0 spiro atoms. The van der Waals surface area contributed by atoms with Gasteiger partial charge in [-0.15, -0.1) is 0 Å². The number of rotatable bonds is 2. The smallest absolute Gasteiger partial charge is 0.160 e. The third kappa shape index (κ3) is 2.40. The Hall–Kier alpha value is -1.87. The Morgan fingerprint density at radius 3 is 2.59 bits per heavy atom. The van der Waals surface area contributed by atoms with Crippen LogP contribution >= 0.6 is 11.6 Å². The molecule has 22 heavy (non-hydrogen) atoms. The van der Waals surface area contributed by atoms with Crippen molar-refractivity contribution in [2.24, 2.45) is 0 Å². The fraction of sp³-hybridized carbons (Fsp3) is 0.333. The van der Waals surface area contributed by atoms with E-state index in [4.69, 9.17) is 16.6 Å². The Balaban J connectivity index is 1.84. The normalized spacial score (nSPS) is 16.2. The maximum Gasteiger partial charge on any atom is 0.160 e. The van der Waals surface area contributed by atoms with E-state index in [1.54, 1.807) is 4.52 Å². The number of halogens is 1. The van der Waals surface area contributed by atoms with E-state index in [9.17, 15) is 0 Å². The summed E-state index contributed by atoms with van der Waals surface area (Å²) < 4.78 is 1.76. The van der Waals surface area contributed by atoms with Crippen molar-refractivity contribution in [2.45, 2.75) is 38.0 Å². The van der Waals surface area contributed by atoms with E-state index in [-0.39, 0.29) is 0 Å². The molecule has 1 fully saturated rings. The summed E-state index contributed by atoms with van der Waals surface area (Å²) in [5.74, 6) is 0.570. The van der Waals surface area contributed by atoms with Crippen molar-refractivity contribution in [2.75, 3.05) is 0 Å². The predicted molar refractivity (Wildman–Crippen MR) is 89.3 cm³/mol. The molecule has 4 rings (SSSR count). The fourth-order valence-corrected chi connectivity index (χ4v) is 3.63. The monoisotopic (exact) mass is 311 g/mol. The molecule has 3 aromatic rings. The lowest BCUT2D eigenvalue weighted by Crippen LogP contribution is -2.05. The average Bonchev–Trinajstić information content (AvgIpc) is 3.01. The Bertz CT molecular complexity index is 789. The topological polar surface area (TPSA) is 30.2 Å². The van der Waals surface area contributed by atoms with Gasteiger partial charge >= 0.3 is 0 Å². The molecule has 0 aliphatic heterocycles. The summed E-state index contributed by atoms with van der Waals surface area (Å²) in [7, 11) is 0. The lowest BCUT2D eigenvalue weighted by Gasteiger charge is -2.20. The number of aromatic nitrogens is 3. The van der Waals surface area contributed by atoms with Crippen molar-refractivity contribution < 1.29 is 0 Å². The summed E-state index contributed by atoms with van der Waals surface area (Å²) in [6.45, 7) is 0. The first-order valence-electron chi connectivity index (χ1n) is 7.92. The number of hydrogen-bond acceptors (Lipinski definition) is 2. The van der Waals surface area contributed by atoms with Gasteiger partial charge in [-0.25, -0.2) is 9.50 Å². The Labute approximate surface area is 135 Å². The minimum Gasteiger partial charge on any atom is -0.228 e. The molecule has 1 aromatic carbocycles. The first-order chi connectivity index (χ1) is 10.8. The third-order valence-electron chi connectivity index (χ3n) is 4.57. The third-order valence-corrected chi connectivity index (χ3v) is 4.84. The van der Waals surface area contributed by atoms with Crippen LogP contribution in [0.2, 0.25) is 5.15 Å². The standard InChI is InChI=1S/C18H18ClN3/c19-17-11-16(14-9-5-2-6-10-14)21-18-15(12-20-22(17)18)13-7-3-1-4-8-13/h2,5-6,9-13H,1,3-4,7-8H2.